The van der Waals surface area contributed by atoms with Crippen molar-refractivity contribution in [2.45, 2.75) is 44.2 Å². The quantitative estimate of drug-likeness (QED) is 0.643. The predicted molar refractivity (Wildman–Crippen MR) is 79.5 cm³/mol. The van der Waals surface area contributed by atoms with Crippen molar-refractivity contribution in [1.82, 2.24) is 0 Å². The Balaban J connectivity index is 2.11. The van der Waals surface area contributed by atoms with Crippen LogP contribution in [0.1, 0.15) is 43.8 Å². The van der Waals surface area contributed by atoms with Crippen LogP contribution >= 0.6 is 0 Å². The third-order valence-corrected chi connectivity index (χ3v) is 3.78. The van der Waals surface area contributed by atoms with Crippen molar-refractivity contribution in [3.8, 4) is 0 Å². The standard InChI is InChI=1S/C15H20N2O4/c18-10-14(16-12-4-2-1-3-5-12)15(19)11-6-8-13(9-7-11)17(20)21/h6-9,14-15,18-19H,1-5,10H2/t14-,15-/m0/s1. The molecule has 2 rings (SSSR count). The average molecular weight is 292 g/mol. The van der Waals surface area contributed by atoms with Gasteiger partial charge in [-0.15, -0.1) is 0 Å². The molecule has 2 N–H and O–H groups in total. The molecule has 1 saturated carbocycles. The van der Waals surface area contributed by atoms with Crippen LogP contribution in [0.5, 0.6) is 0 Å². The summed E-state index contributed by atoms with van der Waals surface area (Å²) >= 11 is 0. The van der Waals surface area contributed by atoms with Gasteiger partial charge in [-0.2, -0.15) is 0 Å². The molecule has 1 aromatic carbocycles. The van der Waals surface area contributed by atoms with E-state index in [0.717, 1.165) is 31.4 Å². The zero-order valence-corrected chi connectivity index (χ0v) is 11.8. The van der Waals surface area contributed by atoms with Crippen molar-refractivity contribution >= 4 is 11.4 Å². The fourth-order valence-electron chi connectivity index (χ4n) is 2.55. The smallest absolute Gasteiger partial charge is 0.269 e. The van der Waals surface area contributed by atoms with Gasteiger partial charge in [0.05, 0.1) is 11.5 Å². The molecule has 21 heavy (non-hydrogen) atoms. The van der Waals surface area contributed by atoms with Crippen LogP contribution in [-0.2, 0) is 0 Å². The number of aliphatic hydroxyl groups is 2. The van der Waals surface area contributed by atoms with E-state index in [1.54, 1.807) is 0 Å². The van der Waals surface area contributed by atoms with Crippen molar-refractivity contribution in [3.63, 3.8) is 0 Å². The van der Waals surface area contributed by atoms with Gasteiger partial charge in [-0.25, -0.2) is 0 Å². The van der Waals surface area contributed by atoms with Gasteiger partial charge in [0.25, 0.3) is 5.69 Å². The lowest BCUT2D eigenvalue weighted by Crippen LogP contribution is -2.23. The van der Waals surface area contributed by atoms with Crippen LogP contribution in [0, 0.1) is 10.1 Å². The van der Waals surface area contributed by atoms with Crippen LogP contribution in [0.2, 0.25) is 0 Å². The molecule has 1 aliphatic carbocycles. The van der Waals surface area contributed by atoms with Crippen molar-refractivity contribution in [2.24, 2.45) is 4.99 Å². The molecule has 0 spiro atoms. The summed E-state index contributed by atoms with van der Waals surface area (Å²) in [4.78, 5) is 14.6. The Morgan fingerprint density at radius 1 is 1.19 bits per heavy atom. The average Bonchev–Trinajstić information content (AvgIpc) is 2.53. The van der Waals surface area contributed by atoms with Gasteiger partial charge in [-0.1, -0.05) is 6.42 Å². The largest absolute Gasteiger partial charge is 0.394 e. The van der Waals surface area contributed by atoms with E-state index in [4.69, 9.17) is 0 Å². The molecule has 0 aromatic heterocycles. The van der Waals surface area contributed by atoms with Crippen LogP contribution in [0.3, 0.4) is 0 Å². The monoisotopic (exact) mass is 292 g/mol. The second-order valence-electron chi connectivity index (χ2n) is 5.30. The van der Waals surface area contributed by atoms with Crippen LogP contribution in [0.4, 0.5) is 5.69 Å². The number of aliphatic hydroxyl groups excluding tert-OH is 2. The zero-order chi connectivity index (χ0) is 15.2. The lowest BCUT2D eigenvalue weighted by Gasteiger charge is -2.21. The highest BCUT2D eigenvalue weighted by molar-refractivity contribution is 5.85. The normalized spacial score (nSPS) is 18.1. The van der Waals surface area contributed by atoms with E-state index in [0.29, 0.717) is 5.56 Å². The Labute approximate surface area is 123 Å². The lowest BCUT2D eigenvalue weighted by molar-refractivity contribution is -0.384. The summed E-state index contributed by atoms with van der Waals surface area (Å²) in [5, 5.41) is 30.4. The molecular weight excluding hydrogens is 272 g/mol. The van der Waals surface area contributed by atoms with Gasteiger partial charge in [-0.05, 0) is 43.4 Å². The van der Waals surface area contributed by atoms with Crippen molar-refractivity contribution in [1.29, 1.82) is 0 Å². The Hall–Kier alpha value is -1.79. The van der Waals surface area contributed by atoms with E-state index in [1.165, 1.54) is 30.7 Å². The molecule has 1 aliphatic rings. The Kier molecular flexibility index (Phi) is 5.41. The topological polar surface area (TPSA) is 96.0 Å². The molecule has 6 nitrogen and oxygen atoms in total. The molecule has 0 saturated heterocycles. The molecule has 0 bridgehead atoms. The summed E-state index contributed by atoms with van der Waals surface area (Å²) in [6.07, 6.45) is 4.29. The van der Waals surface area contributed by atoms with Crippen molar-refractivity contribution in [2.75, 3.05) is 6.61 Å². The van der Waals surface area contributed by atoms with E-state index in [-0.39, 0.29) is 12.3 Å². The van der Waals surface area contributed by atoms with Gasteiger partial charge in [0, 0.05) is 17.8 Å². The highest BCUT2D eigenvalue weighted by Crippen LogP contribution is 2.24. The van der Waals surface area contributed by atoms with Gasteiger partial charge in [-0.3, -0.25) is 15.1 Å². The van der Waals surface area contributed by atoms with Crippen molar-refractivity contribution < 1.29 is 15.1 Å². The van der Waals surface area contributed by atoms with Crippen LogP contribution in [0.25, 0.3) is 0 Å². The summed E-state index contributed by atoms with van der Waals surface area (Å²) in [5.41, 5.74) is 1.55. The second kappa shape index (κ2) is 7.28. The SMILES string of the molecule is O=[N+]([O-])c1ccc([C@H](O)[C@H](CO)N=C2CCCCC2)cc1. The maximum Gasteiger partial charge on any atom is 0.269 e. The molecule has 1 aromatic rings. The van der Waals surface area contributed by atoms with E-state index in [2.05, 4.69) is 4.99 Å². The number of rotatable bonds is 5. The third kappa shape index (κ3) is 4.09. The van der Waals surface area contributed by atoms with Gasteiger partial charge >= 0.3 is 0 Å². The highest BCUT2D eigenvalue weighted by atomic mass is 16.6. The summed E-state index contributed by atoms with van der Waals surface area (Å²) in [5.74, 6) is 0. The van der Waals surface area contributed by atoms with E-state index >= 15 is 0 Å². The summed E-state index contributed by atoms with van der Waals surface area (Å²) in [7, 11) is 0. The molecule has 114 valence electrons. The zero-order valence-electron chi connectivity index (χ0n) is 11.8. The van der Waals surface area contributed by atoms with E-state index < -0.39 is 17.1 Å². The number of benzene rings is 1. The number of nitro benzene ring substituents is 1. The summed E-state index contributed by atoms with van der Waals surface area (Å²) < 4.78 is 0. The third-order valence-electron chi connectivity index (χ3n) is 3.78. The first kappa shape index (κ1) is 15.6. The lowest BCUT2D eigenvalue weighted by atomic mass is 9.97. The Morgan fingerprint density at radius 2 is 1.81 bits per heavy atom. The van der Waals surface area contributed by atoms with E-state index in [1.807, 2.05) is 0 Å². The maximum atomic E-state index is 10.6. The molecule has 1 fully saturated rings. The second-order valence-corrected chi connectivity index (χ2v) is 5.30. The number of nitro groups is 1. The fourth-order valence-corrected chi connectivity index (χ4v) is 2.55. The van der Waals surface area contributed by atoms with Gasteiger partial charge in [0.2, 0.25) is 0 Å². The summed E-state index contributed by atoms with van der Waals surface area (Å²) in [6, 6.07) is 5.10. The minimum absolute atomic E-state index is 0.0231. The van der Waals surface area contributed by atoms with Gasteiger partial charge in [0.15, 0.2) is 0 Å². The Bertz CT molecular complexity index is 505. The molecule has 0 unspecified atom stereocenters. The highest BCUT2D eigenvalue weighted by Gasteiger charge is 2.21. The Morgan fingerprint density at radius 3 is 2.33 bits per heavy atom. The first-order valence-corrected chi connectivity index (χ1v) is 7.20. The maximum absolute atomic E-state index is 10.6. The predicted octanol–water partition coefficient (Wildman–Crippen LogP) is 2.39. The van der Waals surface area contributed by atoms with Crippen LogP contribution in [-0.4, -0.2) is 33.5 Å². The van der Waals surface area contributed by atoms with Crippen molar-refractivity contribution in [3.05, 3.63) is 39.9 Å². The number of hydrogen-bond acceptors (Lipinski definition) is 5. The molecular formula is C15H20N2O4. The number of non-ortho nitro benzene ring substituents is 1. The fraction of sp³-hybridized carbons (Fsp3) is 0.533. The number of aliphatic imine (C=N–C) groups is 1. The number of nitrogens with zero attached hydrogens (tertiary/aromatic N) is 2. The molecule has 0 aliphatic heterocycles. The van der Waals surface area contributed by atoms with Crippen LogP contribution < -0.4 is 0 Å². The molecule has 6 heteroatoms. The minimum Gasteiger partial charge on any atom is -0.394 e. The van der Waals surface area contributed by atoms with Gasteiger partial charge < -0.3 is 10.2 Å². The van der Waals surface area contributed by atoms with Crippen LogP contribution in [0.15, 0.2) is 29.3 Å². The minimum atomic E-state index is -0.953. The first-order chi connectivity index (χ1) is 10.1. The molecule has 0 radical (unpaired) electrons. The molecule has 0 amide bonds. The first-order valence-electron chi connectivity index (χ1n) is 7.20. The van der Waals surface area contributed by atoms with Gasteiger partial charge in [0.1, 0.15) is 12.1 Å². The number of hydrogen-bond donors (Lipinski definition) is 2. The molecule has 0 heterocycles. The van der Waals surface area contributed by atoms with E-state index in [9.17, 15) is 20.3 Å². The summed E-state index contributed by atoms with van der Waals surface area (Å²) in [6.45, 7) is -0.248. The molecule has 2 atom stereocenters.